The second-order valence-electron chi connectivity index (χ2n) is 6.57. The molecule has 0 aromatic carbocycles. The van der Waals surface area contributed by atoms with E-state index in [1.54, 1.807) is 4.52 Å². The summed E-state index contributed by atoms with van der Waals surface area (Å²) in [6.45, 7) is 9.37. The highest BCUT2D eigenvalue weighted by Gasteiger charge is 2.29. The minimum Gasteiger partial charge on any atom is -0.354 e. The van der Waals surface area contributed by atoms with Gasteiger partial charge >= 0.3 is 0 Å². The molecule has 7 heteroatoms. The van der Waals surface area contributed by atoms with E-state index in [2.05, 4.69) is 49.8 Å². The molecule has 0 amide bonds. The molecule has 3 aromatic rings. The molecule has 1 aliphatic rings. The minimum atomic E-state index is 0.460. The topological polar surface area (TPSA) is 64.1 Å². The lowest BCUT2D eigenvalue weighted by Gasteiger charge is -2.40. The van der Waals surface area contributed by atoms with Crippen molar-refractivity contribution < 1.29 is 0 Å². The lowest BCUT2D eigenvalue weighted by Crippen LogP contribution is -2.49. The van der Waals surface area contributed by atoms with Crippen LogP contribution in [0.15, 0.2) is 24.5 Å². The van der Waals surface area contributed by atoms with E-state index in [4.69, 9.17) is 0 Å². The molecule has 1 fully saturated rings. The zero-order valence-corrected chi connectivity index (χ0v) is 13.7. The normalized spacial score (nSPS) is 15.6. The number of hydrogen-bond acceptors (Lipinski definition) is 5. The van der Waals surface area contributed by atoms with Crippen molar-refractivity contribution in [1.29, 1.82) is 0 Å². The smallest absolute Gasteiger partial charge is 0.178 e. The number of aryl methyl sites for hydroxylation is 1. The van der Waals surface area contributed by atoms with Crippen LogP contribution in [0.4, 0.5) is 5.82 Å². The van der Waals surface area contributed by atoms with Gasteiger partial charge in [-0.15, -0.1) is 15.3 Å². The summed E-state index contributed by atoms with van der Waals surface area (Å²) in [5.41, 5.74) is 0.795. The van der Waals surface area contributed by atoms with Crippen LogP contribution in [0, 0.1) is 12.8 Å². The first-order chi connectivity index (χ1) is 11.1. The van der Waals surface area contributed by atoms with Crippen LogP contribution in [0.2, 0.25) is 0 Å². The second kappa shape index (κ2) is 5.33. The van der Waals surface area contributed by atoms with Crippen LogP contribution < -0.4 is 4.90 Å². The Kier molecular flexibility index (Phi) is 3.28. The Morgan fingerprint density at radius 1 is 1.22 bits per heavy atom. The SMILES string of the molecule is Cc1nnc2ccc(N3CC(Cn4ccnc4C(C)C)C3)nn12. The van der Waals surface area contributed by atoms with Gasteiger partial charge in [-0.3, -0.25) is 0 Å². The third-order valence-corrected chi connectivity index (χ3v) is 4.40. The molecule has 0 unspecified atom stereocenters. The van der Waals surface area contributed by atoms with E-state index in [0.717, 1.165) is 36.9 Å². The number of rotatable bonds is 4. The predicted molar refractivity (Wildman–Crippen MR) is 87.5 cm³/mol. The Labute approximate surface area is 135 Å². The van der Waals surface area contributed by atoms with Gasteiger partial charge in [-0.25, -0.2) is 4.98 Å². The second-order valence-corrected chi connectivity index (χ2v) is 6.57. The zero-order chi connectivity index (χ0) is 16.0. The van der Waals surface area contributed by atoms with Crippen LogP contribution in [-0.2, 0) is 6.54 Å². The standard InChI is InChI=1S/C16H21N7/c1-11(2)16-17-6-7-21(16)8-13-9-22(10-13)15-5-4-14-19-18-12(3)23(14)20-15/h4-7,11,13H,8-10H2,1-3H3. The molecule has 0 spiro atoms. The van der Waals surface area contributed by atoms with Crippen LogP contribution in [0.25, 0.3) is 5.65 Å². The number of aromatic nitrogens is 6. The summed E-state index contributed by atoms with van der Waals surface area (Å²) in [6.07, 6.45) is 3.99. The van der Waals surface area contributed by atoms with Crippen LogP contribution >= 0.6 is 0 Å². The summed E-state index contributed by atoms with van der Waals surface area (Å²) in [6, 6.07) is 4.00. The van der Waals surface area contributed by atoms with Gasteiger partial charge in [-0.05, 0) is 19.1 Å². The van der Waals surface area contributed by atoms with Gasteiger partial charge in [0.05, 0.1) is 0 Å². The van der Waals surface area contributed by atoms with Crippen molar-refractivity contribution in [3.63, 3.8) is 0 Å². The van der Waals surface area contributed by atoms with Crippen molar-refractivity contribution in [2.24, 2.45) is 5.92 Å². The van der Waals surface area contributed by atoms with Gasteiger partial charge in [0, 0.05) is 43.9 Å². The van der Waals surface area contributed by atoms with Crippen LogP contribution in [0.5, 0.6) is 0 Å². The molecule has 0 N–H and O–H groups in total. The minimum absolute atomic E-state index is 0.460. The average Bonchev–Trinajstić information content (AvgIpc) is 3.09. The van der Waals surface area contributed by atoms with Gasteiger partial charge in [0.2, 0.25) is 0 Å². The summed E-state index contributed by atoms with van der Waals surface area (Å²) >= 11 is 0. The summed E-state index contributed by atoms with van der Waals surface area (Å²) in [5, 5.41) is 12.8. The first kappa shape index (κ1) is 14.2. The predicted octanol–water partition coefficient (Wildman–Crippen LogP) is 1.89. The van der Waals surface area contributed by atoms with Crippen molar-refractivity contribution in [3.05, 3.63) is 36.2 Å². The molecule has 120 valence electrons. The number of hydrogen-bond donors (Lipinski definition) is 0. The molecular weight excluding hydrogens is 290 g/mol. The Balaban J connectivity index is 1.44. The van der Waals surface area contributed by atoms with Crippen LogP contribution in [0.3, 0.4) is 0 Å². The quantitative estimate of drug-likeness (QED) is 0.736. The van der Waals surface area contributed by atoms with E-state index in [9.17, 15) is 0 Å². The monoisotopic (exact) mass is 311 g/mol. The molecule has 4 heterocycles. The van der Waals surface area contributed by atoms with E-state index in [0.29, 0.717) is 11.8 Å². The van der Waals surface area contributed by atoms with Crippen LogP contribution in [0.1, 0.15) is 31.4 Å². The molecule has 7 nitrogen and oxygen atoms in total. The Morgan fingerprint density at radius 3 is 2.83 bits per heavy atom. The highest BCUT2D eigenvalue weighted by molar-refractivity contribution is 5.47. The summed E-state index contributed by atoms with van der Waals surface area (Å²) in [5.74, 6) is 4.08. The Bertz CT molecular complexity index is 826. The van der Waals surface area contributed by atoms with Crippen molar-refractivity contribution in [2.75, 3.05) is 18.0 Å². The number of imidazole rings is 1. The molecule has 0 bridgehead atoms. The van der Waals surface area contributed by atoms with Crippen LogP contribution in [-0.4, -0.2) is 42.5 Å². The Morgan fingerprint density at radius 2 is 2.04 bits per heavy atom. The van der Waals surface area contributed by atoms with Gasteiger partial charge in [-0.1, -0.05) is 13.8 Å². The first-order valence-corrected chi connectivity index (χ1v) is 8.07. The fourth-order valence-corrected chi connectivity index (χ4v) is 3.18. The highest BCUT2D eigenvalue weighted by atomic mass is 15.4. The summed E-state index contributed by atoms with van der Waals surface area (Å²) < 4.78 is 4.09. The number of anilines is 1. The van der Waals surface area contributed by atoms with E-state index < -0.39 is 0 Å². The maximum Gasteiger partial charge on any atom is 0.178 e. The maximum atomic E-state index is 4.63. The molecule has 0 aliphatic carbocycles. The van der Waals surface area contributed by atoms with Crippen molar-refractivity contribution >= 4 is 11.5 Å². The molecule has 4 rings (SSSR count). The molecule has 0 saturated carbocycles. The molecule has 0 atom stereocenters. The average molecular weight is 311 g/mol. The third kappa shape index (κ3) is 2.46. The molecule has 23 heavy (non-hydrogen) atoms. The van der Waals surface area contributed by atoms with E-state index >= 15 is 0 Å². The molecule has 1 saturated heterocycles. The summed E-state index contributed by atoms with van der Waals surface area (Å²) in [7, 11) is 0. The first-order valence-electron chi connectivity index (χ1n) is 8.07. The van der Waals surface area contributed by atoms with Crippen molar-refractivity contribution in [1.82, 2.24) is 29.4 Å². The van der Waals surface area contributed by atoms with E-state index in [-0.39, 0.29) is 0 Å². The molecular formula is C16H21N7. The number of fused-ring (bicyclic) bond motifs is 1. The maximum absolute atomic E-state index is 4.63. The Hall–Kier alpha value is -2.44. The fraction of sp³-hybridized carbons (Fsp3) is 0.500. The molecule has 3 aromatic heterocycles. The van der Waals surface area contributed by atoms with Gasteiger partial charge in [0.1, 0.15) is 11.6 Å². The van der Waals surface area contributed by atoms with Crippen molar-refractivity contribution in [2.45, 2.75) is 33.2 Å². The summed E-state index contributed by atoms with van der Waals surface area (Å²) in [4.78, 5) is 6.76. The van der Waals surface area contributed by atoms with Gasteiger partial charge in [0.15, 0.2) is 11.5 Å². The number of nitrogens with zero attached hydrogens (tertiary/aromatic N) is 7. The molecule has 0 radical (unpaired) electrons. The fourth-order valence-electron chi connectivity index (χ4n) is 3.18. The lowest BCUT2D eigenvalue weighted by molar-refractivity contribution is 0.348. The van der Waals surface area contributed by atoms with Gasteiger partial charge in [-0.2, -0.15) is 4.52 Å². The lowest BCUT2D eigenvalue weighted by atomic mass is 10.00. The third-order valence-electron chi connectivity index (χ3n) is 4.40. The van der Waals surface area contributed by atoms with E-state index in [1.165, 1.54) is 5.82 Å². The van der Waals surface area contributed by atoms with E-state index in [1.807, 2.05) is 25.3 Å². The zero-order valence-electron chi connectivity index (χ0n) is 13.7. The molecule has 1 aliphatic heterocycles. The van der Waals surface area contributed by atoms with Gasteiger partial charge in [0.25, 0.3) is 0 Å². The van der Waals surface area contributed by atoms with Gasteiger partial charge < -0.3 is 9.47 Å². The highest BCUT2D eigenvalue weighted by Crippen LogP contribution is 2.25. The van der Waals surface area contributed by atoms with Crippen molar-refractivity contribution in [3.8, 4) is 0 Å². The largest absolute Gasteiger partial charge is 0.354 e.